The van der Waals surface area contributed by atoms with E-state index in [0.717, 1.165) is 35.4 Å². The van der Waals surface area contributed by atoms with Gasteiger partial charge in [0.2, 0.25) is 0 Å². The van der Waals surface area contributed by atoms with E-state index < -0.39 is 11.2 Å². The standard InChI is InChI=1S/C23H30N2O4/c1-3-19-6-4-18(12-24-19)23(27)11-20(29-15-23)10-16(2)21-7-5-17(13-25-21)22(26)8-9-28-14-22/h4-7,12-13,16,20,26-27H,3,8-11,14-15H2,1-2H3/t16?,20?,22-,23?/m1/s1. The molecule has 0 bridgehead atoms. The van der Waals surface area contributed by atoms with Crippen LogP contribution in [0.2, 0.25) is 0 Å². The highest BCUT2D eigenvalue weighted by molar-refractivity contribution is 5.25. The first-order valence-electron chi connectivity index (χ1n) is 10.5. The molecule has 0 spiro atoms. The van der Waals surface area contributed by atoms with E-state index >= 15 is 0 Å². The summed E-state index contributed by atoms with van der Waals surface area (Å²) in [6.45, 7) is 5.37. The highest BCUT2D eigenvalue weighted by atomic mass is 16.5. The zero-order valence-corrected chi connectivity index (χ0v) is 17.2. The van der Waals surface area contributed by atoms with Crippen LogP contribution in [0.15, 0.2) is 36.7 Å². The summed E-state index contributed by atoms with van der Waals surface area (Å²) in [7, 11) is 0. The van der Waals surface area contributed by atoms with Crippen molar-refractivity contribution in [3.63, 3.8) is 0 Å². The minimum Gasteiger partial charge on any atom is -0.383 e. The van der Waals surface area contributed by atoms with Gasteiger partial charge in [0.1, 0.15) is 11.2 Å². The third-order valence-corrected chi connectivity index (χ3v) is 6.29. The molecule has 156 valence electrons. The van der Waals surface area contributed by atoms with E-state index in [0.29, 0.717) is 26.1 Å². The molecule has 0 saturated carbocycles. The third kappa shape index (κ3) is 4.21. The quantitative estimate of drug-likeness (QED) is 0.778. The maximum absolute atomic E-state index is 11.0. The third-order valence-electron chi connectivity index (χ3n) is 6.29. The number of hydrogen-bond donors (Lipinski definition) is 2. The lowest BCUT2D eigenvalue weighted by Gasteiger charge is -2.22. The fraction of sp³-hybridized carbons (Fsp3) is 0.565. The largest absolute Gasteiger partial charge is 0.383 e. The molecule has 6 nitrogen and oxygen atoms in total. The summed E-state index contributed by atoms with van der Waals surface area (Å²) in [6.07, 6.45) is 6.31. The van der Waals surface area contributed by atoms with Gasteiger partial charge in [-0.15, -0.1) is 0 Å². The average molecular weight is 399 g/mol. The number of hydrogen-bond acceptors (Lipinski definition) is 6. The van der Waals surface area contributed by atoms with Gasteiger partial charge < -0.3 is 19.7 Å². The van der Waals surface area contributed by atoms with E-state index in [2.05, 4.69) is 23.8 Å². The summed E-state index contributed by atoms with van der Waals surface area (Å²) in [5.41, 5.74) is 1.71. The molecule has 2 aliphatic rings. The van der Waals surface area contributed by atoms with E-state index in [1.165, 1.54) is 0 Å². The Balaban J connectivity index is 1.38. The Labute approximate surface area is 171 Å². The van der Waals surface area contributed by atoms with Crippen LogP contribution in [0.3, 0.4) is 0 Å². The van der Waals surface area contributed by atoms with Crippen LogP contribution in [0, 0.1) is 0 Å². The molecule has 4 rings (SSSR count). The van der Waals surface area contributed by atoms with Crippen LogP contribution in [0.25, 0.3) is 0 Å². The van der Waals surface area contributed by atoms with Gasteiger partial charge >= 0.3 is 0 Å². The summed E-state index contributed by atoms with van der Waals surface area (Å²) in [4.78, 5) is 8.99. The van der Waals surface area contributed by atoms with E-state index in [1.807, 2.05) is 24.3 Å². The van der Waals surface area contributed by atoms with Gasteiger partial charge in [0.05, 0.1) is 19.3 Å². The number of ether oxygens (including phenoxy) is 2. The summed E-state index contributed by atoms with van der Waals surface area (Å²) >= 11 is 0. The lowest BCUT2D eigenvalue weighted by molar-refractivity contribution is 0.0170. The zero-order chi connectivity index (χ0) is 20.5. The van der Waals surface area contributed by atoms with Crippen molar-refractivity contribution in [3.05, 3.63) is 59.2 Å². The van der Waals surface area contributed by atoms with Crippen LogP contribution >= 0.6 is 0 Å². The van der Waals surface area contributed by atoms with Gasteiger partial charge in [-0.1, -0.05) is 26.0 Å². The normalized spacial score (nSPS) is 30.6. The average Bonchev–Trinajstić information content (AvgIpc) is 3.35. The number of aryl methyl sites for hydroxylation is 1. The molecule has 0 radical (unpaired) electrons. The summed E-state index contributed by atoms with van der Waals surface area (Å²) in [5.74, 6) is 0.187. The summed E-state index contributed by atoms with van der Waals surface area (Å²) in [5, 5.41) is 21.6. The fourth-order valence-corrected chi connectivity index (χ4v) is 4.28. The molecule has 2 aromatic rings. The molecule has 4 heterocycles. The van der Waals surface area contributed by atoms with Gasteiger partial charge in [-0.2, -0.15) is 0 Å². The maximum Gasteiger partial charge on any atom is 0.117 e. The monoisotopic (exact) mass is 398 g/mol. The van der Waals surface area contributed by atoms with Crippen LogP contribution in [-0.2, 0) is 27.1 Å². The number of rotatable bonds is 6. The van der Waals surface area contributed by atoms with Crippen LogP contribution in [0.1, 0.15) is 61.5 Å². The Bertz CT molecular complexity index is 818. The predicted molar refractivity (Wildman–Crippen MR) is 108 cm³/mol. The molecule has 2 aromatic heterocycles. The van der Waals surface area contributed by atoms with Gasteiger partial charge in [0.15, 0.2) is 0 Å². The minimum absolute atomic E-state index is 0.0326. The van der Waals surface area contributed by atoms with Crippen molar-refractivity contribution in [2.45, 2.75) is 62.8 Å². The molecule has 29 heavy (non-hydrogen) atoms. The second-order valence-corrected chi connectivity index (χ2v) is 8.50. The Morgan fingerprint density at radius 1 is 1.07 bits per heavy atom. The van der Waals surface area contributed by atoms with Crippen LogP contribution in [-0.4, -0.2) is 46.1 Å². The molecule has 2 fully saturated rings. The number of aromatic nitrogens is 2. The topological polar surface area (TPSA) is 84.7 Å². The van der Waals surface area contributed by atoms with Gasteiger partial charge in [0, 0.05) is 60.3 Å². The highest BCUT2D eigenvalue weighted by Gasteiger charge is 2.41. The highest BCUT2D eigenvalue weighted by Crippen LogP contribution is 2.37. The second-order valence-electron chi connectivity index (χ2n) is 8.50. The van der Waals surface area contributed by atoms with Gasteiger partial charge in [0.25, 0.3) is 0 Å². The molecule has 2 N–H and O–H groups in total. The Kier molecular flexibility index (Phi) is 5.71. The summed E-state index contributed by atoms with van der Waals surface area (Å²) < 4.78 is 11.3. The Morgan fingerprint density at radius 3 is 2.45 bits per heavy atom. The van der Waals surface area contributed by atoms with Crippen molar-refractivity contribution < 1.29 is 19.7 Å². The summed E-state index contributed by atoms with van der Waals surface area (Å²) in [6, 6.07) is 7.85. The van der Waals surface area contributed by atoms with Crippen molar-refractivity contribution in [2.75, 3.05) is 19.8 Å². The first kappa shape index (κ1) is 20.4. The van der Waals surface area contributed by atoms with Crippen molar-refractivity contribution in [1.82, 2.24) is 9.97 Å². The molecule has 3 unspecified atom stereocenters. The molecule has 2 saturated heterocycles. The first-order chi connectivity index (χ1) is 13.9. The number of pyridine rings is 2. The van der Waals surface area contributed by atoms with Crippen LogP contribution < -0.4 is 0 Å². The van der Waals surface area contributed by atoms with Gasteiger partial charge in [-0.05, 0) is 25.0 Å². The van der Waals surface area contributed by atoms with E-state index in [-0.39, 0.29) is 18.6 Å². The Morgan fingerprint density at radius 2 is 1.83 bits per heavy atom. The van der Waals surface area contributed by atoms with Crippen molar-refractivity contribution in [3.8, 4) is 0 Å². The second kappa shape index (κ2) is 8.11. The SMILES string of the molecule is CCc1ccc(C2(O)COC(CC(C)c3ccc([C@@]4(O)CCOC4)cn3)C2)cn1. The molecule has 0 aliphatic carbocycles. The minimum atomic E-state index is -0.979. The van der Waals surface area contributed by atoms with Crippen molar-refractivity contribution in [1.29, 1.82) is 0 Å². The molecule has 0 aromatic carbocycles. The zero-order valence-electron chi connectivity index (χ0n) is 17.2. The lowest BCUT2D eigenvalue weighted by atomic mass is 9.88. The number of nitrogens with zero attached hydrogens (tertiary/aromatic N) is 2. The Hall–Kier alpha value is -1.86. The molecule has 2 aliphatic heterocycles. The van der Waals surface area contributed by atoms with E-state index in [1.54, 1.807) is 12.4 Å². The number of aliphatic hydroxyl groups is 2. The molecule has 6 heteroatoms. The van der Waals surface area contributed by atoms with Crippen LogP contribution in [0.5, 0.6) is 0 Å². The molecular formula is C23H30N2O4. The molecule has 4 atom stereocenters. The van der Waals surface area contributed by atoms with Gasteiger partial charge in [-0.3, -0.25) is 9.97 Å². The smallest absolute Gasteiger partial charge is 0.117 e. The predicted octanol–water partition coefficient (Wildman–Crippen LogP) is 2.82. The maximum atomic E-state index is 11.0. The first-order valence-corrected chi connectivity index (χ1v) is 10.5. The molecular weight excluding hydrogens is 368 g/mol. The van der Waals surface area contributed by atoms with E-state index in [4.69, 9.17) is 9.47 Å². The lowest BCUT2D eigenvalue weighted by Crippen LogP contribution is -2.26. The van der Waals surface area contributed by atoms with Crippen molar-refractivity contribution >= 4 is 0 Å². The van der Waals surface area contributed by atoms with Crippen molar-refractivity contribution in [2.24, 2.45) is 0 Å². The molecule has 0 amide bonds. The van der Waals surface area contributed by atoms with Gasteiger partial charge in [-0.25, -0.2) is 0 Å². The fourth-order valence-electron chi connectivity index (χ4n) is 4.28. The van der Waals surface area contributed by atoms with E-state index in [9.17, 15) is 10.2 Å². The van der Waals surface area contributed by atoms with Crippen LogP contribution in [0.4, 0.5) is 0 Å².